The van der Waals surface area contributed by atoms with Crippen LogP contribution in [0.2, 0.25) is 0 Å². The predicted octanol–water partition coefficient (Wildman–Crippen LogP) is 2.50. The molecule has 1 fully saturated rings. The van der Waals surface area contributed by atoms with Gasteiger partial charge in [-0.05, 0) is 26.0 Å². The molecule has 1 aromatic heterocycles. The Morgan fingerprint density at radius 2 is 2.17 bits per heavy atom. The van der Waals surface area contributed by atoms with Crippen molar-refractivity contribution < 1.29 is 18.4 Å². The van der Waals surface area contributed by atoms with Gasteiger partial charge in [-0.15, -0.1) is 0 Å². The predicted molar refractivity (Wildman–Crippen MR) is 85.8 cm³/mol. The molecular weight excluding hydrogens is 313 g/mol. The zero-order valence-electron chi connectivity index (χ0n) is 14.2. The maximum Gasteiger partial charge on any atom is 0.241 e. The van der Waals surface area contributed by atoms with Crippen LogP contribution < -0.4 is 0 Å². The Labute approximate surface area is 140 Å². The summed E-state index contributed by atoms with van der Waals surface area (Å²) in [5.41, 5.74) is 0.0580. The molecule has 1 saturated heterocycles. The molecule has 0 spiro atoms. The van der Waals surface area contributed by atoms with Crippen molar-refractivity contribution in [1.29, 1.82) is 0 Å². The van der Waals surface area contributed by atoms with Crippen molar-refractivity contribution in [1.82, 2.24) is 15.0 Å². The van der Waals surface area contributed by atoms with Gasteiger partial charge < -0.3 is 14.0 Å². The van der Waals surface area contributed by atoms with E-state index in [2.05, 4.69) is 15.0 Å². The first kappa shape index (κ1) is 17.0. The average molecular weight is 335 g/mol. The van der Waals surface area contributed by atoms with Crippen LogP contribution in [0.1, 0.15) is 19.7 Å². The Morgan fingerprint density at radius 3 is 2.92 bits per heavy atom. The summed E-state index contributed by atoms with van der Waals surface area (Å²) < 4.78 is 30.3. The van der Waals surface area contributed by atoms with Crippen LogP contribution in [0.25, 0.3) is 11.4 Å². The van der Waals surface area contributed by atoms with Gasteiger partial charge in [0.1, 0.15) is 5.82 Å². The molecule has 0 N–H and O–H groups in total. The molecule has 0 bridgehead atoms. The molecule has 1 aliphatic heterocycles. The van der Waals surface area contributed by atoms with E-state index in [0.29, 0.717) is 31.2 Å². The van der Waals surface area contributed by atoms with E-state index in [1.165, 1.54) is 6.07 Å². The highest BCUT2D eigenvalue weighted by atomic mass is 19.1. The van der Waals surface area contributed by atoms with Crippen molar-refractivity contribution >= 4 is 0 Å². The number of methoxy groups -OCH3 is 1. The van der Waals surface area contributed by atoms with Crippen LogP contribution in [0, 0.1) is 5.82 Å². The van der Waals surface area contributed by atoms with E-state index < -0.39 is 0 Å². The number of aromatic nitrogens is 2. The summed E-state index contributed by atoms with van der Waals surface area (Å²) in [5.74, 6) is 0.365. The quantitative estimate of drug-likeness (QED) is 0.837. The molecule has 0 amide bonds. The molecule has 0 radical (unpaired) electrons. The largest absolute Gasteiger partial charge is 0.382 e. The van der Waals surface area contributed by atoms with Gasteiger partial charge >= 0.3 is 0 Å². The minimum absolute atomic E-state index is 0.00675. The van der Waals surface area contributed by atoms with E-state index in [1.54, 1.807) is 25.3 Å². The molecule has 130 valence electrons. The molecule has 2 heterocycles. The second-order valence-corrected chi connectivity index (χ2v) is 6.62. The average Bonchev–Trinajstić information content (AvgIpc) is 2.94. The fraction of sp³-hybridized carbons (Fsp3) is 0.529. The van der Waals surface area contributed by atoms with Crippen LogP contribution in [0.5, 0.6) is 0 Å². The minimum Gasteiger partial charge on any atom is -0.382 e. The molecule has 1 aliphatic rings. The van der Waals surface area contributed by atoms with Crippen LogP contribution in [-0.4, -0.2) is 53.6 Å². The Bertz CT molecular complexity index is 689. The van der Waals surface area contributed by atoms with E-state index in [0.717, 1.165) is 6.54 Å². The van der Waals surface area contributed by atoms with E-state index in [4.69, 9.17) is 14.0 Å². The zero-order valence-corrected chi connectivity index (χ0v) is 14.2. The number of nitrogens with zero attached hydrogens (tertiary/aromatic N) is 3. The third-order valence-electron chi connectivity index (χ3n) is 3.85. The monoisotopic (exact) mass is 335 g/mol. The standard InChI is InChI=1S/C17H22FN3O3/c1-17(2)11-21(8-12(23-17)10-22-3)9-15-19-16(20-24-15)13-6-4-5-7-14(13)18/h4-7,12H,8-11H2,1-3H3. The van der Waals surface area contributed by atoms with Crippen molar-refractivity contribution in [2.45, 2.75) is 32.1 Å². The minimum atomic E-state index is -0.363. The van der Waals surface area contributed by atoms with Crippen molar-refractivity contribution in [3.8, 4) is 11.4 Å². The molecule has 0 saturated carbocycles. The Kier molecular flexibility index (Phi) is 4.93. The van der Waals surface area contributed by atoms with Crippen LogP contribution in [0.4, 0.5) is 4.39 Å². The first-order valence-electron chi connectivity index (χ1n) is 7.93. The van der Waals surface area contributed by atoms with Crippen molar-refractivity contribution in [2.75, 3.05) is 26.8 Å². The molecule has 6 nitrogen and oxygen atoms in total. The maximum atomic E-state index is 13.8. The highest BCUT2D eigenvalue weighted by Gasteiger charge is 2.34. The number of benzene rings is 1. The van der Waals surface area contributed by atoms with Gasteiger partial charge in [0.05, 0.1) is 30.4 Å². The molecule has 1 aromatic carbocycles. The molecule has 1 atom stereocenters. The molecule has 0 aliphatic carbocycles. The molecular formula is C17H22FN3O3. The van der Waals surface area contributed by atoms with E-state index in [-0.39, 0.29) is 23.3 Å². The summed E-state index contributed by atoms with van der Waals surface area (Å²) in [5, 5.41) is 3.90. The molecule has 24 heavy (non-hydrogen) atoms. The Balaban J connectivity index is 1.71. The summed E-state index contributed by atoms with van der Waals surface area (Å²) in [7, 11) is 1.66. The zero-order chi connectivity index (χ0) is 17.2. The number of morpholine rings is 1. The van der Waals surface area contributed by atoms with Crippen molar-refractivity contribution in [3.63, 3.8) is 0 Å². The lowest BCUT2D eigenvalue weighted by atomic mass is 10.1. The van der Waals surface area contributed by atoms with Gasteiger partial charge in [-0.1, -0.05) is 17.3 Å². The number of ether oxygens (including phenoxy) is 2. The lowest BCUT2D eigenvalue weighted by molar-refractivity contribution is -0.155. The van der Waals surface area contributed by atoms with Gasteiger partial charge in [0.15, 0.2) is 0 Å². The first-order valence-corrected chi connectivity index (χ1v) is 7.93. The van der Waals surface area contributed by atoms with Gasteiger partial charge in [-0.3, -0.25) is 4.90 Å². The SMILES string of the molecule is COCC1CN(Cc2nc(-c3ccccc3F)no2)CC(C)(C)O1. The van der Waals surface area contributed by atoms with Crippen molar-refractivity contribution in [2.24, 2.45) is 0 Å². The fourth-order valence-electron chi connectivity index (χ4n) is 3.07. The topological polar surface area (TPSA) is 60.6 Å². The van der Waals surface area contributed by atoms with E-state index in [9.17, 15) is 4.39 Å². The highest BCUT2D eigenvalue weighted by Crippen LogP contribution is 2.24. The lowest BCUT2D eigenvalue weighted by Crippen LogP contribution is -2.53. The molecule has 3 rings (SSSR count). The summed E-state index contributed by atoms with van der Waals surface area (Å²) in [6.45, 7) is 6.57. The smallest absolute Gasteiger partial charge is 0.241 e. The summed E-state index contributed by atoms with van der Waals surface area (Å²) in [6, 6.07) is 6.39. The van der Waals surface area contributed by atoms with Crippen LogP contribution >= 0.6 is 0 Å². The summed E-state index contributed by atoms with van der Waals surface area (Å²) in [6.07, 6.45) is -0.00675. The Hall–Kier alpha value is -1.83. The lowest BCUT2D eigenvalue weighted by Gasteiger charge is -2.42. The molecule has 7 heteroatoms. The second kappa shape index (κ2) is 6.96. The summed E-state index contributed by atoms with van der Waals surface area (Å²) in [4.78, 5) is 6.51. The third kappa shape index (κ3) is 3.98. The number of rotatable bonds is 5. The van der Waals surface area contributed by atoms with Crippen LogP contribution in [0.3, 0.4) is 0 Å². The number of hydrogen-bond donors (Lipinski definition) is 0. The first-order chi connectivity index (χ1) is 11.5. The van der Waals surface area contributed by atoms with Gasteiger partial charge in [0.25, 0.3) is 0 Å². The van der Waals surface area contributed by atoms with Gasteiger partial charge in [0, 0.05) is 20.2 Å². The second-order valence-electron chi connectivity index (χ2n) is 6.62. The summed E-state index contributed by atoms with van der Waals surface area (Å²) >= 11 is 0. The van der Waals surface area contributed by atoms with Gasteiger partial charge in [0.2, 0.25) is 11.7 Å². The maximum absolute atomic E-state index is 13.8. The fourth-order valence-corrected chi connectivity index (χ4v) is 3.07. The van der Waals surface area contributed by atoms with Gasteiger partial charge in [-0.2, -0.15) is 4.98 Å². The highest BCUT2D eigenvalue weighted by molar-refractivity contribution is 5.54. The third-order valence-corrected chi connectivity index (χ3v) is 3.85. The number of halogens is 1. The van der Waals surface area contributed by atoms with Gasteiger partial charge in [-0.25, -0.2) is 4.39 Å². The molecule has 2 aromatic rings. The van der Waals surface area contributed by atoms with E-state index >= 15 is 0 Å². The number of hydrogen-bond acceptors (Lipinski definition) is 6. The van der Waals surface area contributed by atoms with Crippen LogP contribution in [-0.2, 0) is 16.0 Å². The van der Waals surface area contributed by atoms with E-state index in [1.807, 2.05) is 13.8 Å². The molecule has 1 unspecified atom stereocenters. The normalized spacial score (nSPS) is 21.1. The van der Waals surface area contributed by atoms with Crippen molar-refractivity contribution in [3.05, 3.63) is 36.0 Å². The Morgan fingerprint density at radius 1 is 1.38 bits per heavy atom. The van der Waals surface area contributed by atoms with Crippen LogP contribution in [0.15, 0.2) is 28.8 Å².